The Morgan fingerprint density at radius 2 is 2.36 bits per heavy atom. The van der Waals surface area contributed by atoms with Crippen LogP contribution < -0.4 is 11.1 Å². The van der Waals surface area contributed by atoms with Gasteiger partial charge in [0, 0.05) is 22.8 Å². The number of rotatable bonds is 5. The second kappa shape index (κ2) is 7.38. The molecule has 0 aliphatic rings. The van der Waals surface area contributed by atoms with Crippen LogP contribution in [0.5, 0.6) is 0 Å². The Labute approximate surface area is 152 Å². The van der Waals surface area contributed by atoms with Crippen LogP contribution in [0.25, 0.3) is 11.3 Å². The smallest absolute Gasteiger partial charge is 0.408 e. The summed E-state index contributed by atoms with van der Waals surface area (Å²) in [7, 11) is 0. The first kappa shape index (κ1) is 14.5. The summed E-state index contributed by atoms with van der Waals surface area (Å²) >= 11 is 0. The van der Waals surface area contributed by atoms with Crippen molar-refractivity contribution in [1.82, 2.24) is 20.1 Å². The lowest BCUT2D eigenvalue weighted by atomic mass is 10.1. The van der Waals surface area contributed by atoms with Crippen molar-refractivity contribution < 1.29 is 13.6 Å². The van der Waals surface area contributed by atoms with E-state index in [9.17, 15) is 4.79 Å². The van der Waals surface area contributed by atoms with Gasteiger partial charge in [0.2, 0.25) is 0 Å². The van der Waals surface area contributed by atoms with E-state index in [0.29, 0.717) is 17.7 Å². The first-order chi connectivity index (χ1) is 12.9. The number of pyridine rings is 1. The predicted octanol–water partition coefficient (Wildman–Crippen LogP) is 3.21. The van der Waals surface area contributed by atoms with E-state index in [1.54, 1.807) is 39.0 Å². The molecule has 0 bridgehead atoms. The molecule has 0 fully saturated rings. The van der Waals surface area contributed by atoms with E-state index in [0.717, 1.165) is 4.68 Å². The fraction of sp³-hybridized carbons (Fsp3) is 0.389. The highest BCUT2D eigenvalue weighted by Crippen LogP contribution is 2.27. The maximum atomic E-state index is 12.2. The number of aryl methyl sites for hydroxylation is 1. The molecule has 25 heavy (non-hydrogen) atoms. The number of hydrogen-bond donors (Lipinski definition) is 2. The van der Waals surface area contributed by atoms with Gasteiger partial charge in [-0.1, -0.05) is 6.08 Å². The Morgan fingerprint density at radius 1 is 1.60 bits per heavy atom. The minimum atomic E-state index is -2.48. The Bertz CT molecular complexity index is 856. The van der Waals surface area contributed by atoms with Gasteiger partial charge in [-0.25, -0.2) is 4.79 Å². The van der Waals surface area contributed by atoms with Gasteiger partial charge in [-0.15, -0.1) is 6.58 Å². The van der Waals surface area contributed by atoms with E-state index >= 15 is 0 Å². The monoisotopic (exact) mass is 346 g/mol. The molecule has 2 aromatic rings. The molecule has 3 N–H and O–H groups in total. The van der Waals surface area contributed by atoms with Crippen molar-refractivity contribution in [2.75, 3.05) is 5.73 Å². The number of nitrogen functional groups attached to an aromatic ring is 1. The van der Waals surface area contributed by atoms with Gasteiger partial charge in [-0.2, -0.15) is 5.10 Å². The van der Waals surface area contributed by atoms with Crippen LogP contribution in [-0.2, 0) is 11.7 Å². The van der Waals surface area contributed by atoms with Crippen LogP contribution in [0.4, 0.5) is 10.5 Å². The molecule has 7 heteroatoms. The van der Waals surface area contributed by atoms with Crippen LogP contribution in [0.2, 0.25) is 0 Å². The molecule has 0 saturated carbocycles. The number of aromatic nitrogens is 3. The van der Waals surface area contributed by atoms with Gasteiger partial charge in [-0.3, -0.25) is 9.67 Å². The molecule has 1 atom stereocenters. The number of anilines is 1. The standard InChI is InChI=1S/C18H25N5O2/c1-6-7-14(22-17(24)25-18(2,3)4)15-10-12(8-9-20-15)16-13(19)11-21-23(16)5/h6,8-11,14H,1,7,19H2,2-5H3,(H,22,24)/t14-/m0/s1/i5D3. The van der Waals surface area contributed by atoms with E-state index in [2.05, 4.69) is 22.0 Å². The molecule has 2 heterocycles. The van der Waals surface area contributed by atoms with Crippen LogP contribution in [0, 0.1) is 0 Å². The fourth-order valence-electron chi connectivity index (χ4n) is 2.31. The van der Waals surface area contributed by atoms with Crippen LogP contribution in [0.1, 0.15) is 43.0 Å². The van der Waals surface area contributed by atoms with E-state index in [1.807, 2.05) is 0 Å². The summed E-state index contributed by atoms with van der Waals surface area (Å²) in [5.41, 5.74) is 6.84. The largest absolute Gasteiger partial charge is 0.444 e. The highest BCUT2D eigenvalue weighted by molar-refractivity contribution is 5.73. The lowest BCUT2D eigenvalue weighted by molar-refractivity contribution is 0.0503. The number of amides is 1. The van der Waals surface area contributed by atoms with Crippen LogP contribution >= 0.6 is 0 Å². The quantitative estimate of drug-likeness (QED) is 0.811. The van der Waals surface area contributed by atoms with Gasteiger partial charge < -0.3 is 15.8 Å². The van der Waals surface area contributed by atoms with Gasteiger partial charge in [0.25, 0.3) is 0 Å². The summed E-state index contributed by atoms with van der Waals surface area (Å²) < 4.78 is 29.1. The number of nitrogens with zero attached hydrogens (tertiary/aromatic N) is 3. The molecular weight excluding hydrogens is 318 g/mol. The molecule has 0 aliphatic heterocycles. The summed E-state index contributed by atoms with van der Waals surface area (Å²) in [5, 5.41) is 6.63. The molecule has 0 unspecified atom stereocenters. The minimum absolute atomic E-state index is 0.230. The SMILES string of the molecule is [2H]C([2H])([2H])n1ncc(N)c1-c1ccnc([C@H](CC=C)NC(=O)OC(C)(C)C)c1. The lowest BCUT2D eigenvalue weighted by Gasteiger charge is -2.23. The summed E-state index contributed by atoms with van der Waals surface area (Å²) in [6.07, 6.45) is 4.29. The second-order valence-electron chi connectivity index (χ2n) is 6.55. The number of hydrogen-bond acceptors (Lipinski definition) is 5. The van der Waals surface area contributed by atoms with Gasteiger partial charge >= 0.3 is 6.09 Å². The van der Waals surface area contributed by atoms with Gasteiger partial charge in [0.15, 0.2) is 0 Å². The van der Waals surface area contributed by atoms with Gasteiger partial charge in [0.05, 0.1) is 29.3 Å². The molecule has 0 spiro atoms. The number of alkyl carbamates (subject to hydrolysis) is 1. The van der Waals surface area contributed by atoms with E-state index in [4.69, 9.17) is 14.6 Å². The van der Waals surface area contributed by atoms with Crippen molar-refractivity contribution in [3.63, 3.8) is 0 Å². The molecule has 134 valence electrons. The van der Waals surface area contributed by atoms with Crippen molar-refractivity contribution in [1.29, 1.82) is 0 Å². The number of carbonyl (C=O) groups is 1. The Balaban J connectivity index is 2.39. The molecular formula is C18H25N5O2. The molecule has 0 aromatic carbocycles. The van der Waals surface area contributed by atoms with Crippen LogP contribution in [0.3, 0.4) is 0 Å². The normalized spacial score (nSPS) is 14.8. The predicted molar refractivity (Wildman–Crippen MR) is 97.8 cm³/mol. The second-order valence-corrected chi connectivity index (χ2v) is 6.55. The number of ether oxygens (including phenoxy) is 1. The van der Waals surface area contributed by atoms with Crippen LogP contribution in [-0.4, -0.2) is 26.5 Å². The fourth-order valence-corrected chi connectivity index (χ4v) is 2.31. The van der Waals surface area contributed by atoms with Crippen molar-refractivity contribution in [3.05, 3.63) is 42.9 Å². The number of nitrogens with two attached hydrogens (primary N) is 1. The zero-order valence-corrected chi connectivity index (χ0v) is 14.6. The third-order valence-electron chi connectivity index (χ3n) is 3.30. The van der Waals surface area contributed by atoms with Crippen molar-refractivity contribution >= 4 is 11.8 Å². The topological polar surface area (TPSA) is 95.1 Å². The van der Waals surface area contributed by atoms with Crippen molar-refractivity contribution in [3.8, 4) is 11.3 Å². The van der Waals surface area contributed by atoms with E-state index < -0.39 is 24.7 Å². The molecule has 0 aliphatic carbocycles. The molecule has 1 amide bonds. The maximum absolute atomic E-state index is 12.2. The van der Waals surface area contributed by atoms with Crippen LogP contribution in [0.15, 0.2) is 37.2 Å². The third-order valence-corrected chi connectivity index (χ3v) is 3.30. The molecule has 7 nitrogen and oxygen atoms in total. The van der Waals surface area contributed by atoms with E-state index in [1.165, 1.54) is 12.4 Å². The van der Waals surface area contributed by atoms with E-state index in [-0.39, 0.29) is 11.4 Å². The average molecular weight is 346 g/mol. The number of nitrogens with one attached hydrogen (secondary N) is 1. The zero-order chi connectivity index (χ0) is 21.1. The molecule has 0 radical (unpaired) electrons. The van der Waals surface area contributed by atoms with Gasteiger partial charge in [0.1, 0.15) is 5.60 Å². The van der Waals surface area contributed by atoms with Crippen molar-refractivity contribution in [2.45, 2.75) is 38.8 Å². The summed E-state index contributed by atoms with van der Waals surface area (Å²) in [4.78, 5) is 16.5. The van der Waals surface area contributed by atoms with Gasteiger partial charge in [-0.05, 0) is 39.3 Å². The number of carbonyl (C=O) groups excluding carboxylic acids is 1. The molecule has 2 rings (SSSR count). The highest BCUT2D eigenvalue weighted by Gasteiger charge is 2.21. The minimum Gasteiger partial charge on any atom is -0.444 e. The highest BCUT2D eigenvalue weighted by atomic mass is 16.6. The first-order valence-electron chi connectivity index (χ1n) is 9.33. The molecule has 2 aromatic heterocycles. The van der Waals surface area contributed by atoms with Crippen molar-refractivity contribution in [2.24, 2.45) is 6.98 Å². The Kier molecular flexibility index (Phi) is 4.28. The first-order valence-corrected chi connectivity index (χ1v) is 7.83. The average Bonchev–Trinajstić information content (AvgIpc) is 2.95. The maximum Gasteiger partial charge on any atom is 0.408 e. The third kappa shape index (κ3) is 4.82. The summed E-state index contributed by atoms with van der Waals surface area (Å²) in [6.45, 7) is 6.54. The summed E-state index contributed by atoms with van der Waals surface area (Å²) in [5.74, 6) is 0. The lowest BCUT2D eigenvalue weighted by Crippen LogP contribution is -2.35. The Morgan fingerprint density at radius 3 is 3.00 bits per heavy atom. The Hall–Kier alpha value is -2.83. The molecule has 0 saturated heterocycles. The summed E-state index contributed by atoms with van der Waals surface area (Å²) in [6, 6.07) is 2.80. The zero-order valence-electron chi connectivity index (χ0n) is 17.6.